The van der Waals surface area contributed by atoms with Gasteiger partial charge in [0.05, 0.1) is 24.2 Å². The molecule has 4 aromatic carbocycles. The third kappa shape index (κ3) is 26.1. The number of hydrogen-bond donors (Lipinski definition) is 8. The number of unbranched alkanes of at least 4 members (excludes halogenated alkanes) is 1. The monoisotopic (exact) mass is 1150 g/mol. The van der Waals surface area contributed by atoms with Crippen molar-refractivity contribution in [2.45, 2.75) is 128 Å². The Morgan fingerprint density at radius 1 is 0.675 bits per heavy atom. The highest BCUT2D eigenvalue weighted by molar-refractivity contribution is 5.97. The van der Waals surface area contributed by atoms with Crippen molar-refractivity contribution in [2.24, 2.45) is 5.73 Å². The molecule has 0 aromatic heterocycles. The number of imide groups is 1. The van der Waals surface area contributed by atoms with E-state index in [-0.39, 0.29) is 67.1 Å². The predicted octanol–water partition coefficient (Wildman–Crippen LogP) is 6.38. The lowest BCUT2D eigenvalue weighted by Gasteiger charge is -2.30. The quantitative estimate of drug-likeness (QED) is 0.0266. The van der Waals surface area contributed by atoms with Crippen molar-refractivity contribution in [3.8, 4) is 0 Å². The van der Waals surface area contributed by atoms with E-state index < -0.39 is 18.1 Å². The molecule has 456 valence electrons. The lowest BCUT2D eigenvalue weighted by molar-refractivity contribution is -0.124. The molecule has 2 aliphatic rings. The number of rotatable bonds is 25. The van der Waals surface area contributed by atoms with E-state index >= 15 is 0 Å². The Morgan fingerprint density at radius 2 is 1.16 bits per heavy atom. The number of amides is 9. The maximum Gasteiger partial charge on any atom is 0.324 e. The summed E-state index contributed by atoms with van der Waals surface area (Å²) in [6.07, 6.45) is 8.47. The van der Waals surface area contributed by atoms with E-state index in [1.54, 1.807) is 37.6 Å². The summed E-state index contributed by atoms with van der Waals surface area (Å²) < 4.78 is 0. The molecule has 0 saturated carbocycles. The van der Waals surface area contributed by atoms with E-state index in [1.807, 2.05) is 101 Å². The van der Waals surface area contributed by atoms with Crippen LogP contribution in [-0.4, -0.2) is 173 Å². The van der Waals surface area contributed by atoms with Crippen molar-refractivity contribution in [1.82, 2.24) is 56.8 Å². The smallest absolute Gasteiger partial charge is 0.324 e. The van der Waals surface area contributed by atoms with Crippen LogP contribution in [0, 0.1) is 0 Å². The molecule has 2 heterocycles. The Kier molecular flexibility index (Phi) is 36.5. The number of nitrogens with one attached hydrogen (secondary N) is 7. The van der Waals surface area contributed by atoms with Crippen LogP contribution in [0.2, 0.25) is 0 Å². The molecule has 0 aliphatic carbocycles. The number of carbonyl (C=O) groups excluding carboxylic acids is 8. The van der Waals surface area contributed by atoms with E-state index in [2.05, 4.69) is 96.4 Å². The second-order valence-electron chi connectivity index (χ2n) is 19.9. The molecule has 2 saturated heterocycles. The molecular formula is C63H96N12O8. The van der Waals surface area contributed by atoms with Crippen molar-refractivity contribution in [3.05, 3.63) is 144 Å². The van der Waals surface area contributed by atoms with Gasteiger partial charge in [-0.1, -0.05) is 128 Å². The first-order valence-corrected chi connectivity index (χ1v) is 29.1. The number of likely N-dealkylation sites (N-methyl/N-ethyl adjacent to an activating group) is 3. The molecule has 20 heteroatoms. The summed E-state index contributed by atoms with van der Waals surface area (Å²) >= 11 is 0. The number of nitrogens with zero attached hydrogens (tertiary/aromatic N) is 4. The number of carbonyl (C=O) groups is 8. The first-order valence-electron chi connectivity index (χ1n) is 29.1. The van der Waals surface area contributed by atoms with Gasteiger partial charge < -0.3 is 61.9 Å². The minimum atomic E-state index is -0.756. The molecule has 2 fully saturated rings. The van der Waals surface area contributed by atoms with E-state index in [0.717, 1.165) is 49.6 Å². The van der Waals surface area contributed by atoms with Gasteiger partial charge in [0.25, 0.3) is 0 Å². The Bertz CT molecular complexity index is 2370. The summed E-state index contributed by atoms with van der Waals surface area (Å²) in [7, 11) is 7.14. The number of likely N-dealkylation sites (tertiary alicyclic amines) is 2. The molecule has 6 rings (SSSR count). The van der Waals surface area contributed by atoms with Crippen LogP contribution in [0.1, 0.15) is 120 Å². The molecule has 9 N–H and O–H groups in total. The summed E-state index contributed by atoms with van der Waals surface area (Å²) in [6.45, 7) is 12.4. The Labute approximate surface area is 493 Å². The lowest BCUT2D eigenvalue weighted by Crippen LogP contribution is -2.52. The van der Waals surface area contributed by atoms with Crippen LogP contribution in [-0.2, 0) is 24.0 Å². The largest absolute Gasteiger partial charge is 0.348 e. The molecule has 0 bridgehead atoms. The highest BCUT2D eigenvalue weighted by atomic mass is 16.2. The maximum absolute atomic E-state index is 12.8. The van der Waals surface area contributed by atoms with Gasteiger partial charge in [0.2, 0.25) is 18.2 Å². The molecule has 20 nitrogen and oxygen atoms in total. The van der Waals surface area contributed by atoms with Gasteiger partial charge >= 0.3 is 18.1 Å². The number of urea groups is 3. The fourth-order valence-electron chi connectivity index (χ4n) is 9.40. The van der Waals surface area contributed by atoms with Crippen molar-refractivity contribution in [1.29, 1.82) is 0 Å². The van der Waals surface area contributed by atoms with Gasteiger partial charge in [0.15, 0.2) is 0 Å². The van der Waals surface area contributed by atoms with Gasteiger partial charge in [-0.15, -0.1) is 0 Å². The van der Waals surface area contributed by atoms with E-state index in [0.29, 0.717) is 58.3 Å². The summed E-state index contributed by atoms with van der Waals surface area (Å²) in [5.74, 6) is -0.626. The van der Waals surface area contributed by atoms with Gasteiger partial charge in [0.1, 0.15) is 18.6 Å². The molecule has 5 atom stereocenters. The molecule has 0 radical (unpaired) electrons. The van der Waals surface area contributed by atoms with Crippen LogP contribution in [0.4, 0.5) is 14.4 Å². The summed E-state index contributed by atoms with van der Waals surface area (Å²) in [5.41, 5.74) is 9.26. The van der Waals surface area contributed by atoms with Crippen LogP contribution < -0.4 is 43.0 Å². The van der Waals surface area contributed by atoms with Gasteiger partial charge in [-0.25, -0.2) is 14.4 Å². The van der Waals surface area contributed by atoms with Crippen LogP contribution in [0.3, 0.4) is 0 Å². The van der Waals surface area contributed by atoms with Gasteiger partial charge in [-0.05, 0) is 130 Å². The predicted molar refractivity (Wildman–Crippen MR) is 329 cm³/mol. The van der Waals surface area contributed by atoms with Crippen molar-refractivity contribution in [2.75, 3.05) is 74.0 Å². The number of benzene rings is 4. The zero-order valence-corrected chi connectivity index (χ0v) is 50.6. The second kappa shape index (κ2) is 42.3. The number of nitrogens with two attached hydrogens (primary N) is 1. The van der Waals surface area contributed by atoms with Gasteiger partial charge in [-0.2, -0.15) is 0 Å². The zero-order chi connectivity index (χ0) is 61.4. The molecular weight excluding hydrogens is 1050 g/mol. The van der Waals surface area contributed by atoms with E-state index in [9.17, 15) is 38.4 Å². The fourth-order valence-corrected chi connectivity index (χ4v) is 9.40. The van der Waals surface area contributed by atoms with Crippen LogP contribution in [0.25, 0.3) is 0 Å². The minimum absolute atomic E-state index is 0.00913. The maximum atomic E-state index is 12.8. The van der Waals surface area contributed by atoms with Crippen LogP contribution in [0.5, 0.6) is 0 Å². The standard InChI is InChI=1S/C28H52N8O6.C14H13NO.C14H15N.C6H11NO.CH5N/c1-7-24(38)32-22(19-37)18-35(9-3)27(41)31-16-11-10-15-30-26(40)34(8-2)17-14-23-13-12-20(4)36(23)28(42)33-25(39)21(5)29-6;16-11-15-14(12-7-3-1-4-8-12)13-9-5-2-6-10-13;1-15-14(12-8-4-2-5-9-12)13-10-6-3-7-11-13;1-7-4-2-3-6(7)5-8;1-2/h19-23,29H,7-18H2,1-6H3,(H,30,40)(H,31,41)(H,32,38)(H,33,39,42);1-11,14H,(H,15,16);2-11,14-15H,1H3;5-6H,2-4H2,1H3;2H2,1H3/t20?,21?,22-,23+;;;6-;/m0..0./s1. The topological polar surface area (TPSA) is 260 Å². The number of hydrogen-bond acceptors (Lipinski definition) is 12. The lowest BCUT2D eigenvalue weighted by atomic mass is 9.99. The third-order valence-corrected chi connectivity index (χ3v) is 14.3. The molecule has 9 amide bonds. The Balaban J connectivity index is 0.000000457. The van der Waals surface area contributed by atoms with Crippen molar-refractivity contribution >= 4 is 48.9 Å². The fraction of sp³-hybridized carbons (Fsp3) is 0.492. The minimum Gasteiger partial charge on any atom is -0.348 e. The molecule has 4 aromatic rings. The zero-order valence-electron chi connectivity index (χ0n) is 50.6. The van der Waals surface area contributed by atoms with Crippen molar-refractivity contribution in [3.63, 3.8) is 0 Å². The molecule has 83 heavy (non-hydrogen) atoms. The Morgan fingerprint density at radius 3 is 1.54 bits per heavy atom. The Hall–Kier alpha value is -7.52. The molecule has 0 spiro atoms. The van der Waals surface area contributed by atoms with E-state index in [4.69, 9.17) is 0 Å². The average molecular weight is 1150 g/mol. The normalized spacial score (nSPS) is 15.8. The van der Waals surface area contributed by atoms with Gasteiger partial charge in [-0.3, -0.25) is 24.6 Å². The first kappa shape index (κ1) is 71.6. The summed E-state index contributed by atoms with van der Waals surface area (Å²) in [4.78, 5) is 101. The first-order chi connectivity index (χ1) is 40.2. The summed E-state index contributed by atoms with van der Waals surface area (Å²) in [6, 6.07) is 39.0. The average Bonchev–Trinajstić information content (AvgIpc) is 4.31. The molecule has 2 aliphatic heterocycles. The third-order valence-electron chi connectivity index (χ3n) is 14.3. The molecule has 2 unspecified atom stereocenters. The highest BCUT2D eigenvalue weighted by Gasteiger charge is 2.35. The van der Waals surface area contributed by atoms with E-state index in [1.165, 1.54) is 29.5 Å². The van der Waals surface area contributed by atoms with Crippen LogP contribution in [0.15, 0.2) is 121 Å². The second-order valence-corrected chi connectivity index (χ2v) is 19.9. The number of aldehydes is 2. The van der Waals surface area contributed by atoms with Crippen LogP contribution >= 0.6 is 0 Å². The highest BCUT2D eigenvalue weighted by Crippen LogP contribution is 2.27. The SMILES string of the molecule is CCC(=O)N[C@H](C=O)CN(CC)C(=O)NCCCCNC(=O)N(CC)CC[C@H]1CCC(C)N1C(=O)NC(=O)C(C)NC.CN.CN1CCC[C@H]1C=O.CNC(c1ccccc1)c1ccccc1.O=CNC(c1ccccc1)c1ccccc1. The summed E-state index contributed by atoms with van der Waals surface area (Å²) in [5, 5.41) is 19.8. The van der Waals surface area contributed by atoms with Gasteiger partial charge in [0, 0.05) is 57.8 Å². The van der Waals surface area contributed by atoms with Crippen molar-refractivity contribution < 1.29 is 38.4 Å².